The van der Waals surface area contributed by atoms with Crippen molar-refractivity contribution in [1.29, 1.82) is 0 Å². The summed E-state index contributed by atoms with van der Waals surface area (Å²) in [6.45, 7) is 2.05. The van der Waals surface area contributed by atoms with Crippen LogP contribution in [0.5, 0.6) is 6.01 Å². The summed E-state index contributed by atoms with van der Waals surface area (Å²) in [5.74, 6) is 0. The molecular weight excluding hydrogens is 440 g/mol. The van der Waals surface area contributed by atoms with E-state index >= 15 is 0 Å². The van der Waals surface area contributed by atoms with Crippen LogP contribution in [0.15, 0.2) is 102 Å². The fourth-order valence-corrected chi connectivity index (χ4v) is 5.10. The lowest BCUT2D eigenvalue weighted by atomic mass is 9.80. The van der Waals surface area contributed by atoms with Crippen LogP contribution < -0.4 is 10.3 Å². The molecule has 6 rings (SSSR count). The highest BCUT2D eigenvalue weighted by Crippen LogP contribution is 2.43. The van der Waals surface area contributed by atoms with Crippen molar-refractivity contribution in [3.8, 4) is 6.01 Å². The van der Waals surface area contributed by atoms with Gasteiger partial charge in [-0.15, -0.1) is 0 Å². The van der Waals surface area contributed by atoms with Gasteiger partial charge in [0, 0.05) is 18.2 Å². The molecule has 4 aromatic rings. The van der Waals surface area contributed by atoms with E-state index in [4.69, 9.17) is 14.2 Å². The van der Waals surface area contributed by atoms with Gasteiger partial charge in [-0.3, -0.25) is 9.36 Å². The van der Waals surface area contributed by atoms with Crippen molar-refractivity contribution in [1.82, 2.24) is 9.55 Å². The lowest BCUT2D eigenvalue weighted by molar-refractivity contribution is -0.0816. The van der Waals surface area contributed by atoms with Crippen molar-refractivity contribution >= 4 is 0 Å². The average Bonchev–Trinajstić information content (AvgIpc) is 3.24. The topological polar surface area (TPSA) is 62.6 Å². The maximum atomic E-state index is 12.1. The lowest BCUT2D eigenvalue weighted by Gasteiger charge is -2.37. The Bertz CT molecular complexity index is 1280. The Labute approximate surface area is 203 Å². The Hall–Kier alpha value is -3.74. The maximum absolute atomic E-state index is 12.1. The van der Waals surface area contributed by atoms with Crippen molar-refractivity contribution in [3.63, 3.8) is 0 Å². The van der Waals surface area contributed by atoms with Crippen LogP contribution in [0.4, 0.5) is 0 Å². The van der Waals surface area contributed by atoms with Crippen LogP contribution in [0.3, 0.4) is 0 Å². The van der Waals surface area contributed by atoms with E-state index in [0.29, 0.717) is 24.6 Å². The number of ether oxygens (including phenoxy) is 3. The van der Waals surface area contributed by atoms with E-state index in [1.54, 1.807) is 13.1 Å². The molecular formula is C29H26N2O4. The maximum Gasteiger partial charge on any atom is 0.302 e. The predicted molar refractivity (Wildman–Crippen MR) is 131 cm³/mol. The van der Waals surface area contributed by atoms with Gasteiger partial charge in [0.15, 0.2) is 0 Å². The number of hydrogen-bond acceptors (Lipinski definition) is 5. The van der Waals surface area contributed by atoms with Gasteiger partial charge in [0.25, 0.3) is 5.56 Å². The van der Waals surface area contributed by atoms with Gasteiger partial charge in [-0.2, -0.15) is 4.98 Å². The molecule has 3 aromatic carbocycles. The van der Waals surface area contributed by atoms with Gasteiger partial charge in [0.2, 0.25) is 0 Å². The van der Waals surface area contributed by atoms with E-state index < -0.39 is 5.60 Å². The smallest absolute Gasteiger partial charge is 0.302 e. The van der Waals surface area contributed by atoms with Crippen LogP contribution in [0.1, 0.15) is 34.9 Å². The molecule has 35 heavy (non-hydrogen) atoms. The van der Waals surface area contributed by atoms with Crippen LogP contribution in [0.2, 0.25) is 0 Å². The zero-order valence-corrected chi connectivity index (χ0v) is 19.4. The Morgan fingerprint density at radius 1 is 0.914 bits per heavy atom. The predicted octanol–water partition coefficient (Wildman–Crippen LogP) is 4.61. The third-order valence-electron chi connectivity index (χ3n) is 6.84. The fourth-order valence-electron chi connectivity index (χ4n) is 5.10. The summed E-state index contributed by atoms with van der Waals surface area (Å²) in [6.07, 6.45) is 1.66. The molecule has 3 heterocycles. The zero-order valence-electron chi connectivity index (χ0n) is 19.4. The number of rotatable bonds is 6. The van der Waals surface area contributed by atoms with Crippen molar-refractivity contribution in [2.24, 2.45) is 0 Å². The van der Waals surface area contributed by atoms with Gasteiger partial charge in [-0.25, -0.2) is 0 Å². The molecule has 0 aliphatic carbocycles. The molecule has 2 bridgehead atoms. The van der Waals surface area contributed by atoms with Gasteiger partial charge < -0.3 is 14.2 Å². The average molecular weight is 467 g/mol. The Morgan fingerprint density at radius 3 is 2.00 bits per heavy atom. The summed E-state index contributed by atoms with van der Waals surface area (Å²) in [7, 11) is 0. The first-order valence-corrected chi connectivity index (χ1v) is 11.9. The Balaban J connectivity index is 1.37. The SMILES string of the molecule is Cc1cn2c(nc1=O)OC1C[C@H]2O[C@@H]1COC(c1ccccc1)(c1ccccc1)c1ccccc1. The minimum absolute atomic E-state index is 0.233. The molecule has 6 heteroatoms. The second-order valence-corrected chi connectivity index (χ2v) is 9.03. The molecule has 1 fully saturated rings. The first-order chi connectivity index (χ1) is 17.1. The third kappa shape index (κ3) is 3.75. The number of nitrogens with zero attached hydrogens (tertiary/aromatic N) is 2. The molecule has 1 aromatic heterocycles. The van der Waals surface area contributed by atoms with Crippen LogP contribution in [0.25, 0.3) is 0 Å². The number of fused-ring (bicyclic) bond motifs is 4. The van der Waals surface area contributed by atoms with E-state index in [2.05, 4.69) is 41.4 Å². The van der Waals surface area contributed by atoms with Gasteiger partial charge in [-0.05, 0) is 23.6 Å². The van der Waals surface area contributed by atoms with Gasteiger partial charge >= 0.3 is 6.01 Å². The number of hydrogen-bond donors (Lipinski definition) is 0. The molecule has 0 spiro atoms. The quantitative estimate of drug-likeness (QED) is 0.389. The van der Waals surface area contributed by atoms with Gasteiger partial charge in [-0.1, -0.05) is 91.0 Å². The molecule has 0 amide bonds. The van der Waals surface area contributed by atoms with Crippen LogP contribution in [0, 0.1) is 6.92 Å². The van der Waals surface area contributed by atoms with Crippen LogP contribution in [-0.2, 0) is 15.1 Å². The van der Waals surface area contributed by atoms with Gasteiger partial charge in [0.05, 0.1) is 6.61 Å². The standard InChI is InChI=1S/C29H26N2O4/c1-20-18-31-26-17-24(35-28(31)30-27(20)32)25(34-26)19-33-29(21-11-5-2-6-12-21,22-13-7-3-8-14-22)23-15-9-4-10-16-23/h2-16,18,24-26H,17,19H2,1H3/t24?,25-,26-/m1/s1. The summed E-state index contributed by atoms with van der Waals surface area (Å²) in [5, 5.41) is 0. The second kappa shape index (κ2) is 8.80. The Kier molecular flexibility index (Phi) is 5.47. The minimum atomic E-state index is -0.832. The second-order valence-electron chi connectivity index (χ2n) is 9.03. The molecule has 0 saturated carbocycles. The largest absolute Gasteiger partial charge is 0.458 e. The normalized spacial score (nSPS) is 20.8. The summed E-state index contributed by atoms with van der Waals surface area (Å²) >= 11 is 0. The molecule has 176 valence electrons. The van der Waals surface area contributed by atoms with Gasteiger partial charge in [0.1, 0.15) is 24.0 Å². The molecule has 2 aliphatic rings. The monoisotopic (exact) mass is 466 g/mol. The first-order valence-electron chi connectivity index (χ1n) is 11.9. The van der Waals surface area contributed by atoms with Crippen LogP contribution >= 0.6 is 0 Å². The van der Waals surface area contributed by atoms with E-state index in [1.807, 2.05) is 59.2 Å². The van der Waals surface area contributed by atoms with Crippen molar-refractivity contribution in [2.75, 3.05) is 6.61 Å². The fraction of sp³-hybridized carbons (Fsp3) is 0.241. The van der Waals surface area contributed by atoms with Crippen LogP contribution in [-0.4, -0.2) is 28.4 Å². The third-order valence-corrected chi connectivity index (χ3v) is 6.84. The van der Waals surface area contributed by atoms with E-state index in [1.165, 1.54) is 0 Å². The minimum Gasteiger partial charge on any atom is -0.458 e. The summed E-state index contributed by atoms with van der Waals surface area (Å²) in [6, 6.07) is 31.1. The molecule has 1 unspecified atom stereocenters. The number of benzene rings is 3. The Morgan fingerprint density at radius 2 is 1.46 bits per heavy atom. The highest BCUT2D eigenvalue weighted by atomic mass is 16.6. The first kappa shape index (κ1) is 21.8. The number of aryl methyl sites for hydroxylation is 1. The lowest BCUT2D eigenvalue weighted by Crippen LogP contribution is -2.39. The highest BCUT2D eigenvalue weighted by molar-refractivity contribution is 5.47. The molecule has 0 N–H and O–H groups in total. The van der Waals surface area contributed by atoms with E-state index in [9.17, 15) is 4.79 Å². The van der Waals surface area contributed by atoms with E-state index in [0.717, 1.165) is 16.7 Å². The molecule has 1 saturated heterocycles. The van der Waals surface area contributed by atoms with Crippen molar-refractivity contribution in [2.45, 2.75) is 37.4 Å². The van der Waals surface area contributed by atoms with E-state index in [-0.39, 0.29) is 24.0 Å². The zero-order chi connectivity index (χ0) is 23.8. The van der Waals surface area contributed by atoms with Crippen molar-refractivity contribution in [3.05, 3.63) is 130 Å². The molecule has 6 nitrogen and oxygen atoms in total. The molecule has 2 aliphatic heterocycles. The molecule has 0 radical (unpaired) electrons. The summed E-state index contributed by atoms with van der Waals surface area (Å²) < 4.78 is 21.2. The number of aromatic nitrogens is 2. The van der Waals surface area contributed by atoms with Crippen molar-refractivity contribution < 1.29 is 14.2 Å². The molecule has 3 atom stereocenters. The summed E-state index contributed by atoms with van der Waals surface area (Å²) in [5.41, 5.74) is 2.55. The summed E-state index contributed by atoms with van der Waals surface area (Å²) in [4.78, 5) is 16.2. The highest BCUT2D eigenvalue weighted by Gasteiger charge is 2.46.